The van der Waals surface area contributed by atoms with Gasteiger partial charge in [0.15, 0.2) is 0 Å². The lowest BCUT2D eigenvalue weighted by Crippen LogP contribution is -2.14. The van der Waals surface area contributed by atoms with Crippen molar-refractivity contribution in [1.29, 1.82) is 0 Å². The van der Waals surface area contributed by atoms with Crippen LogP contribution in [0.5, 0.6) is 0 Å². The Balaban J connectivity index is 2.18. The standard InChI is InChI=1S/C9H14O3S/c1-2-12-9(11)6-13-8-5-3-4-7(8)10/h8H,2-6H2,1H3. The van der Waals surface area contributed by atoms with Gasteiger partial charge in [-0.25, -0.2) is 0 Å². The average Bonchev–Trinajstić information content (AvgIpc) is 2.48. The second-order valence-corrected chi connectivity index (χ2v) is 4.15. The molecule has 1 atom stereocenters. The fourth-order valence-corrected chi connectivity index (χ4v) is 2.39. The first kappa shape index (κ1) is 10.6. The fourth-order valence-electron chi connectivity index (χ4n) is 1.33. The predicted molar refractivity (Wildman–Crippen MR) is 51.7 cm³/mol. The van der Waals surface area contributed by atoms with Crippen LogP contribution in [0.3, 0.4) is 0 Å². The van der Waals surface area contributed by atoms with Crippen molar-refractivity contribution in [2.75, 3.05) is 12.4 Å². The van der Waals surface area contributed by atoms with E-state index in [4.69, 9.17) is 4.74 Å². The minimum Gasteiger partial charge on any atom is -0.465 e. The van der Waals surface area contributed by atoms with Gasteiger partial charge in [-0.05, 0) is 19.8 Å². The van der Waals surface area contributed by atoms with Crippen molar-refractivity contribution in [3.63, 3.8) is 0 Å². The Labute approximate surface area is 82.2 Å². The van der Waals surface area contributed by atoms with E-state index in [9.17, 15) is 9.59 Å². The van der Waals surface area contributed by atoms with E-state index >= 15 is 0 Å². The second-order valence-electron chi connectivity index (χ2n) is 2.96. The number of ketones is 1. The molecule has 3 nitrogen and oxygen atoms in total. The summed E-state index contributed by atoms with van der Waals surface area (Å²) in [5.41, 5.74) is 0. The third-order valence-electron chi connectivity index (χ3n) is 1.96. The molecule has 0 aromatic carbocycles. The van der Waals surface area contributed by atoms with Gasteiger partial charge in [-0.1, -0.05) is 0 Å². The fraction of sp³-hybridized carbons (Fsp3) is 0.778. The number of Topliss-reactive ketones (excluding diaryl/α,β-unsaturated/α-hetero) is 1. The number of esters is 1. The normalized spacial score (nSPS) is 21.9. The van der Waals surface area contributed by atoms with Gasteiger partial charge in [-0.2, -0.15) is 0 Å². The van der Waals surface area contributed by atoms with Crippen LogP contribution in [0.4, 0.5) is 0 Å². The Morgan fingerprint density at radius 1 is 1.69 bits per heavy atom. The number of thioether (sulfide) groups is 1. The number of carbonyl (C=O) groups is 2. The molecule has 0 amide bonds. The minimum atomic E-state index is -0.216. The highest BCUT2D eigenvalue weighted by Gasteiger charge is 2.25. The summed E-state index contributed by atoms with van der Waals surface area (Å²) >= 11 is 1.42. The van der Waals surface area contributed by atoms with E-state index in [1.807, 2.05) is 0 Å². The quantitative estimate of drug-likeness (QED) is 0.646. The maximum Gasteiger partial charge on any atom is 0.315 e. The van der Waals surface area contributed by atoms with Crippen molar-refractivity contribution >= 4 is 23.5 Å². The molecule has 1 saturated carbocycles. The van der Waals surface area contributed by atoms with Crippen LogP contribution in [0.25, 0.3) is 0 Å². The molecule has 0 aromatic rings. The summed E-state index contributed by atoms with van der Waals surface area (Å²) < 4.78 is 4.77. The third-order valence-corrected chi connectivity index (χ3v) is 3.26. The molecule has 1 aliphatic rings. The number of rotatable bonds is 4. The summed E-state index contributed by atoms with van der Waals surface area (Å²) in [6.45, 7) is 2.20. The van der Waals surface area contributed by atoms with Crippen molar-refractivity contribution in [2.24, 2.45) is 0 Å². The molecule has 0 saturated heterocycles. The lowest BCUT2D eigenvalue weighted by atomic mass is 10.3. The van der Waals surface area contributed by atoms with Gasteiger partial charge < -0.3 is 4.74 Å². The highest BCUT2D eigenvalue weighted by atomic mass is 32.2. The van der Waals surface area contributed by atoms with E-state index in [2.05, 4.69) is 0 Å². The zero-order valence-electron chi connectivity index (χ0n) is 7.75. The zero-order chi connectivity index (χ0) is 9.68. The van der Waals surface area contributed by atoms with Gasteiger partial charge >= 0.3 is 5.97 Å². The molecule has 4 heteroatoms. The SMILES string of the molecule is CCOC(=O)CSC1CCCC1=O. The molecule has 0 bridgehead atoms. The number of hydrogen-bond donors (Lipinski definition) is 0. The topological polar surface area (TPSA) is 43.4 Å². The number of hydrogen-bond acceptors (Lipinski definition) is 4. The first-order valence-electron chi connectivity index (χ1n) is 4.54. The second kappa shape index (κ2) is 5.27. The van der Waals surface area contributed by atoms with Gasteiger partial charge in [0, 0.05) is 6.42 Å². The minimum absolute atomic E-state index is 0.0457. The summed E-state index contributed by atoms with van der Waals surface area (Å²) in [4.78, 5) is 22.1. The van der Waals surface area contributed by atoms with Crippen LogP contribution < -0.4 is 0 Å². The van der Waals surface area contributed by atoms with Gasteiger partial charge in [-0.3, -0.25) is 9.59 Å². The van der Waals surface area contributed by atoms with Crippen LogP contribution >= 0.6 is 11.8 Å². The Kier molecular flexibility index (Phi) is 4.28. The Bertz CT molecular complexity index is 203. The van der Waals surface area contributed by atoms with E-state index in [1.54, 1.807) is 6.92 Å². The average molecular weight is 202 g/mol. The van der Waals surface area contributed by atoms with Gasteiger partial charge in [0.1, 0.15) is 5.78 Å². The van der Waals surface area contributed by atoms with Crippen LogP contribution in [0.1, 0.15) is 26.2 Å². The van der Waals surface area contributed by atoms with Crippen LogP contribution in [-0.2, 0) is 14.3 Å². The highest BCUT2D eigenvalue weighted by Crippen LogP contribution is 2.26. The molecule has 1 aliphatic carbocycles. The van der Waals surface area contributed by atoms with Crippen molar-refractivity contribution in [1.82, 2.24) is 0 Å². The van der Waals surface area contributed by atoms with E-state index in [1.165, 1.54) is 11.8 Å². The monoisotopic (exact) mass is 202 g/mol. The summed E-state index contributed by atoms with van der Waals surface area (Å²) in [5.74, 6) is 0.381. The number of ether oxygens (including phenoxy) is 1. The largest absolute Gasteiger partial charge is 0.465 e. The van der Waals surface area contributed by atoms with Gasteiger partial charge in [0.05, 0.1) is 17.6 Å². The van der Waals surface area contributed by atoms with Crippen LogP contribution in [0, 0.1) is 0 Å². The maximum atomic E-state index is 11.2. The molecule has 0 aliphatic heterocycles. The van der Waals surface area contributed by atoms with E-state index < -0.39 is 0 Å². The molecule has 0 heterocycles. The van der Waals surface area contributed by atoms with Crippen molar-refractivity contribution in [3.05, 3.63) is 0 Å². The molecule has 1 rings (SSSR count). The Morgan fingerprint density at radius 3 is 3.00 bits per heavy atom. The molecule has 13 heavy (non-hydrogen) atoms. The van der Waals surface area contributed by atoms with Crippen LogP contribution in [0.2, 0.25) is 0 Å². The molecule has 74 valence electrons. The molecule has 1 unspecified atom stereocenters. The molecule has 0 aromatic heterocycles. The van der Waals surface area contributed by atoms with Gasteiger partial charge in [-0.15, -0.1) is 11.8 Å². The van der Waals surface area contributed by atoms with E-state index in [-0.39, 0.29) is 17.0 Å². The van der Waals surface area contributed by atoms with Crippen molar-refractivity contribution in [3.8, 4) is 0 Å². The van der Waals surface area contributed by atoms with Gasteiger partial charge in [0.2, 0.25) is 0 Å². The smallest absolute Gasteiger partial charge is 0.315 e. The predicted octanol–water partition coefficient (Wildman–Crippen LogP) is 1.40. The molecular weight excluding hydrogens is 188 g/mol. The molecule has 0 radical (unpaired) electrons. The van der Waals surface area contributed by atoms with Crippen LogP contribution in [0.15, 0.2) is 0 Å². The van der Waals surface area contributed by atoms with Gasteiger partial charge in [0.25, 0.3) is 0 Å². The first-order valence-corrected chi connectivity index (χ1v) is 5.59. The maximum absolute atomic E-state index is 11.2. The molecule has 1 fully saturated rings. The lowest BCUT2D eigenvalue weighted by Gasteiger charge is -2.06. The van der Waals surface area contributed by atoms with E-state index in [0.29, 0.717) is 18.8 Å². The van der Waals surface area contributed by atoms with Crippen molar-refractivity contribution in [2.45, 2.75) is 31.4 Å². The first-order chi connectivity index (χ1) is 6.24. The zero-order valence-corrected chi connectivity index (χ0v) is 8.56. The Hall–Kier alpha value is -0.510. The van der Waals surface area contributed by atoms with E-state index in [0.717, 1.165) is 12.8 Å². The third kappa shape index (κ3) is 3.38. The Morgan fingerprint density at radius 2 is 2.46 bits per heavy atom. The molecular formula is C9H14O3S. The number of carbonyl (C=O) groups excluding carboxylic acids is 2. The molecule has 0 spiro atoms. The summed E-state index contributed by atoms with van der Waals surface area (Å²) in [5, 5.41) is 0.0457. The summed E-state index contributed by atoms with van der Waals surface area (Å²) in [7, 11) is 0. The highest BCUT2D eigenvalue weighted by molar-refractivity contribution is 8.01. The lowest BCUT2D eigenvalue weighted by molar-refractivity contribution is -0.139. The molecule has 0 N–H and O–H groups in total. The van der Waals surface area contributed by atoms with Crippen LogP contribution in [-0.4, -0.2) is 29.4 Å². The summed E-state index contributed by atoms with van der Waals surface area (Å²) in [6, 6.07) is 0. The van der Waals surface area contributed by atoms with Crippen molar-refractivity contribution < 1.29 is 14.3 Å². The summed E-state index contributed by atoms with van der Waals surface area (Å²) in [6.07, 6.45) is 2.57.